The molecule has 0 aromatic carbocycles. The van der Waals surface area contributed by atoms with E-state index in [1.54, 1.807) is 0 Å². The molecule has 0 bridgehead atoms. The van der Waals surface area contributed by atoms with Gasteiger partial charge in [0.15, 0.2) is 16.6 Å². The third kappa shape index (κ3) is 15.5. The van der Waals surface area contributed by atoms with E-state index in [1.807, 2.05) is 0 Å². The predicted molar refractivity (Wildman–Crippen MR) is 117 cm³/mol. The fourth-order valence-electron chi connectivity index (χ4n) is 3.06. The van der Waals surface area contributed by atoms with Crippen LogP contribution in [0.5, 0.6) is 0 Å². The zero-order valence-electron chi connectivity index (χ0n) is 18.2. The van der Waals surface area contributed by atoms with Crippen molar-refractivity contribution in [2.45, 2.75) is 90.7 Å². The smallest absolute Gasteiger partial charge is 0.315 e. The van der Waals surface area contributed by atoms with Crippen molar-refractivity contribution in [3.63, 3.8) is 0 Å². The highest BCUT2D eigenvalue weighted by atomic mass is 28.5. The third-order valence-corrected chi connectivity index (χ3v) is 16.8. The average molecular weight is 423 g/mol. The maximum absolute atomic E-state index is 6.68. The molecule has 0 rings (SSSR count). The second-order valence-corrected chi connectivity index (χ2v) is 25.7. The van der Waals surface area contributed by atoms with Gasteiger partial charge in [-0.3, -0.25) is 0 Å². The van der Waals surface area contributed by atoms with Crippen LogP contribution in [0.25, 0.3) is 0 Å². The molecule has 0 amide bonds. The summed E-state index contributed by atoms with van der Waals surface area (Å²) in [5.41, 5.74) is 0. The first-order valence-corrected chi connectivity index (χ1v) is 21.7. The number of ether oxygens (including phenoxy) is 1. The highest BCUT2D eigenvalue weighted by Crippen LogP contribution is 2.28. The molecule has 0 spiro atoms. The van der Waals surface area contributed by atoms with E-state index < -0.39 is 33.8 Å². The van der Waals surface area contributed by atoms with Crippen LogP contribution < -0.4 is 0 Å². The summed E-state index contributed by atoms with van der Waals surface area (Å²) < 4.78 is 25.1. The number of hydrogen-bond donors (Lipinski definition) is 0. The van der Waals surface area contributed by atoms with Gasteiger partial charge in [-0.25, -0.2) is 0 Å². The summed E-state index contributed by atoms with van der Waals surface area (Å²) in [7, 11) is -7.69. The summed E-state index contributed by atoms with van der Waals surface area (Å²) in [6.45, 7) is 26.9. The monoisotopic (exact) mass is 422 g/mol. The molecule has 0 aliphatic rings. The minimum atomic E-state index is -2.24. The van der Waals surface area contributed by atoms with E-state index in [9.17, 15) is 0 Å². The molecule has 8 heteroatoms. The minimum absolute atomic E-state index is 0.597. The van der Waals surface area contributed by atoms with Gasteiger partial charge in [-0.15, -0.1) is 0 Å². The molecule has 0 heterocycles. The van der Waals surface area contributed by atoms with Gasteiger partial charge in [0, 0.05) is 13.2 Å². The quantitative estimate of drug-likeness (QED) is 0.263. The molecule has 0 aromatic heterocycles. The van der Waals surface area contributed by atoms with Crippen LogP contribution in [0, 0.1) is 6.92 Å². The minimum Gasteiger partial charge on any atom is -0.437 e. The lowest BCUT2D eigenvalue weighted by molar-refractivity contribution is 0.134. The topological polar surface area (TPSA) is 36.9 Å². The van der Waals surface area contributed by atoms with E-state index in [0.717, 1.165) is 31.9 Å². The van der Waals surface area contributed by atoms with Gasteiger partial charge in [-0.1, -0.05) is 12.8 Å². The van der Waals surface area contributed by atoms with E-state index in [1.165, 1.54) is 0 Å². The molecule has 0 N–H and O–H groups in total. The Morgan fingerprint density at radius 1 is 0.640 bits per heavy atom. The zero-order chi connectivity index (χ0) is 19.8. The Morgan fingerprint density at radius 3 is 1.68 bits per heavy atom. The molecule has 0 saturated heterocycles. The molecule has 1 atom stereocenters. The summed E-state index contributed by atoms with van der Waals surface area (Å²) in [6.07, 6.45) is 3.93. The Bertz CT molecular complexity index is 367. The summed E-state index contributed by atoms with van der Waals surface area (Å²) in [5.74, 6) is 0. The van der Waals surface area contributed by atoms with Crippen molar-refractivity contribution in [2.75, 3.05) is 13.2 Å². The van der Waals surface area contributed by atoms with E-state index in [0.29, 0.717) is 13.0 Å². The second-order valence-electron chi connectivity index (χ2n) is 9.28. The molecule has 0 aromatic rings. The summed E-state index contributed by atoms with van der Waals surface area (Å²) in [5, 5.41) is 0. The summed E-state index contributed by atoms with van der Waals surface area (Å²) in [6, 6.07) is 1.03. The molecule has 1 unspecified atom stereocenters. The van der Waals surface area contributed by atoms with Gasteiger partial charge in [-0.2, -0.15) is 0 Å². The van der Waals surface area contributed by atoms with E-state index in [2.05, 4.69) is 58.9 Å². The van der Waals surface area contributed by atoms with Crippen molar-refractivity contribution in [2.24, 2.45) is 0 Å². The molecule has 0 aliphatic carbocycles. The molecule has 2 radical (unpaired) electrons. The van der Waals surface area contributed by atoms with Gasteiger partial charge in [0.2, 0.25) is 0 Å². The number of hydrogen-bond acceptors (Lipinski definition) is 4. The fourth-order valence-corrected chi connectivity index (χ4v) is 21.1. The molecule has 0 saturated carbocycles. The standard InChI is InChI=1S/C17H42O4Si4/c1-11-15-18-16-13-12-14-17-25(10,20-23(5,6)7)21-24(8,9)19-22(2,3)4/h1H,11-17H2,2-10H3. The number of unbranched alkanes of at least 4 members (excludes halogenated alkanes) is 2. The van der Waals surface area contributed by atoms with Crippen molar-refractivity contribution in [3.8, 4) is 0 Å². The van der Waals surface area contributed by atoms with E-state index >= 15 is 0 Å². The molecular formula is C17H42O4Si4. The van der Waals surface area contributed by atoms with Gasteiger partial charge in [-0.05, 0) is 84.7 Å². The Kier molecular flexibility index (Phi) is 11.2. The Hall–Kier alpha value is 0.708. The second kappa shape index (κ2) is 10.9. The molecular weight excluding hydrogens is 381 g/mol. The van der Waals surface area contributed by atoms with Crippen LogP contribution in [0.15, 0.2) is 0 Å². The van der Waals surface area contributed by atoms with Gasteiger partial charge in [0.05, 0.1) is 0 Å². The van der Waals surface area contributed by atoms with Crippen LogP contribution in [0.2, 0.25) is 65.0 Å². The molecule has 0 aliphatic heterocycles. The maximum Gasteiger partial charge on any atom is 0.315 e. The lowest BCUT2D eigenvalue weighted by atomic mass is 10.3. The van der Waals surface area contributed by atoms with Gasteiger partial charge in [0.25, 0.3) is 0 Å². The van der Waals surface area contributed by atoms with Crippen LogP contribution in [0.3, 0.4) is 0 Å². The van der Waals surface area contributed by atoms with E-state index in [-0.39, 0.29) is 0 Å². The molecule has 150 valence electrons. The first kappa shape index (κ1) is 25.7. The van der Waals surface area contributed by atoms with Crippen molar-refractivity contribution in [1.29, 1.82) is 0 Å². The normalized spacial score (nSPS) is 16.1. The zero-order valence-corrected chi connectivity index (χ0v) is 22.2. The average Bonchev–Trinajstić information content (AvgIpc) is 2.31. The van der Waals surface area contributed by atoms with Crippen LogP contribution in [-0.2, 0) is 17.1 Å². The highest BCUT2D eigenvalue weighted by Gasteiger charge is 2.43. The van der Waals surface area contributed by atoms with Crippen molar-refractivity contribution < 1.29 is 17.1 Å². The number of rotatable bonds is 14. The Balaban J connectivity index is 4.68. The summed E-state index contributed by atoms with van der Waals surface area (Å²) in [4.78, 5) is 0. The third-order valence-electron chi connectivity index (χ3n) is 3.22. The van der Waals surface area contributed by atoms with Crippen LogP contribution >= 0.6 is 0 Å². The van der Waals surface area contributed by atoms with E-state index in [4.69, 9.17) is 24.0 Å². The van der Waals surface area contributed by atoms with Crippen LogP contribution in [-0.4, -0.2) is 47.0 Å². The maximum atomic E-state index is 6.68. The lowest BCUT2D eigenvalue weighted by Crippen LogP contribution is -2.56. The largest absolute Gasteiger partial charge is 0.437 e. The fraction of sp³-hybridized carbons (Fsp3) is 0.941. The molecule has 25 heavy (non-hydrogen) atoms. The van der Waals surface area contributed by atoms with Gasteiger partial charge < -0.3 is 17.1 Å². The SMILES string of the molecule is [CH]CCOCCCCC[Si](C)(O[Si](C)(C)C)O[Si](C)(C)O[Si](C)(C)C. The first-order chi connectivity index (χ1) is 11.2. The highest BCUT2D eigenvalue weighted by molar-refractivity contribution is 6.89. The van der Waals surface area contributed by atoms with Crippen molar-refractivity contribution in [1.82, 2.24) is 0 Å². The molecule has 4 nitrogen and oxygen atoms in total. The molecule has 0 fully saturated rings. The predicted octanol–water partition coefficient (Wildman–Crippen LogP) is 5.77. The Morgan fingerprint density at radius 2 is 1.20 bits per heavy atom. The van der Waals surface area contributed by atoms with Crippen molar-refractivity contribution >= 4 is 33.8 Å². The van der Waals surface area contributed by atoms with Gasteiger partial charge >= 0.3 is 17.1 Å². The van der Waals surface area contributed by atoms with Crippen molar-refractivity contribution in [3.05, 3.63) is 6.92 Å². The van der Waals surface area contributed by atoms with Crippen LogP contribution in [0.4, 0.5) is 0 Å². The van der Waals surface area contributed by atoms with Crippen LogP contribution in [0.1, 0.15) is 25.7 Å². The van der Waals surface area contributed by atoms with Gasteiger partial charge in [0.1, 0.15) is 0 Å². The summed E-state index contributed by atoms with van der Waals surface area (Å²) >= 11 is 0. The Labute approximate surface area is 161 Å². The first-order valence-electron chi connectivity index (χ1n) is 9.56. The lowest BCUT2D eigenvalue weighted by Gasteiger charge is -2.41.